The van der Waals surface area contributed by atoms with Crippen molar-refractivity contribution in [2.45, 2.75) is 129 Å². The van der Waals surface area contributed by atoms with Gasteiger partial charge in [-0.3, -0.25) is 9.36 Å². The van der Waals surface area contributed by atoms with Gasteiger partial charge in [0.25, 0.3) is 7.82 Å². The fourth-order valence-corrected chi connectivity index (χ4v) is 5.75. The summed E-state index contributed by atoms with van der Waals surface area (Å²) in [6.07, 6.45) is 59.7. The Morgan fingerprint density at radius 1 is 0.638 bits per heavy atom. The van der Waals surface area contributed by atoms with E-state index in [2.05, 4.69) is 128 Å². The molecule has 0 spiro atoms. The second-order valence-electron chi connectivity index (χ2n) is 15.0. The van der Waals surface area contributed by atoms with Crippen LogP contribution in [0.25, 0.3) is 0 Å². The molecule has 326 valence electrons. The van der Waals surface area contributed by atoms with E-state index in [0.29, 0.717) is 23.9 Å². The average Bonchev–Trinajstić information content (AvgIpc) is 3.17. The van der Waals surface area contributed by atoms with Gasteiger partial charge in [0, 0.05) is 6.42 Å². The monoisotopic (exact) mass is 823 g/mol. The van der Waals surface area contributed by atoms with Crippen molar-refractivity contribution < 1.29 is 32.9 Å². The molecule has 0 heterocycles. The Morgan fingerprint density at radius 3 is 1.53 bits per heavy atom. The zero-order valence-electron chi connectivity index (χ0n) is 36.7. The fraction of sp³-hybridized carbons (Fsp3) is 0.531. The van der Waals surface area contributed by atoms with Gasteiger partial charge in [-0.05, 0) is 103 Å². The maximum atomic E-state index is 12.8. The van der Waals surface area contributed by atoms with Gasteiger partial charge in [-0.15, -0.1) is 0 Å². The number of quaternary nitrogens is 1. The van der Waals surface area contributed by atoms with E-state index in [9.17, 15) is 19.4 Å². The number of allylic oxidation sites excluding steroid dienone is 21. The molecule has 1 amide bonds. The van der Waals surface area contributed by atoms with Crippen molar-refractivity contribution in [2.75, 3.05) is 40.9 Å². The van der Waals surface area contributed by atoms with Crippen LogP contribution in [0.15, 0.2) is 134 Å². The quantitative estimate of drug-likeness (QED) is 0.0282. The fourth-order valence-electron chi connectivity index (χ4n) is 5.03. The van der Waals surface area contributed by atoms with Gasteiger partial charge in [-0.2, -0.15) is 0 Å². The highest BCUT2D eigenvalue weighted by Crippen LogP contribution is 2.38. The van der Waals surface area contributed by atoms with E-state index in [0.717, 1.165) is 83.5 Å². The molecule has 0 aliphatic carbocycles. The molecule has 58 heavy (non-hydrogen) atoms. The summed E-state index contributed by atoms with van der Waals surface area (Å²) in [5.74, 6) is -0.266. The van der Waals surface area contributed by atoms with Crippen LogP contribution in [0, 0.1) is 0 Å². The summed E-state index contributed by atoms with van der Waals surface area (Å²) >= 11 is 0. The summed E-state index contributed by atoms with van der Waals surface area (Å²) < 4.78 is 23.0. The van der Waals surface area contributed by atoms with Crippen LogP contribution in [0.4, 0.5) is 0 Å². The van der Waals surface area contributed by atoms with Crippen molar-refractivity contribution in [2.24, 2.45) is 0 Å². The number of carbonyl (C=O) groups is 1. The van der Waals surface area contributed by atoms with Gasteiger partial charge in [0.1, 0.15) is 13.2 Å². The minimum atomic E-state index is -4.62. The van der Waals surface area contributed by atoms with Crippen LogP contribution in [0.3, 0.4) is 0 Å². The molecule has 0 fully saturated rings. The lowest BCUT2D eigenvalue weighted by molar-refractivity contribution is -0.870. The predicted octanol–water partition coefficient (Wildman–Crippen LogP) is 11.4. The number of aliphatic hydroxyl groups is 1. The molecule has 0 saturated heterocycles. The lowest BCUT2D eigenvalue weighted by atomic mass is 10.1. The zero-order valence-corrected chi connectivity index (χ0v) is 37.6. The Morgan fingerprint density at radius 2 is 1.07 bits per heavy atom. The first-order valence-corrected chi connectivity index (χ1v) is 23.0. The second-order valence-corrected chi connectivity index (χ2v) is 16.4. The van der Waals surface area contributed by atoms with E-state index < -0.39 is 26.6 Å². The molecule has 0 aromatic carbocycles. The number of unbranched alkanes of at least 4 members (excludes halogenated alkanes) is 4. The van der Waals surface area contributed by atoms with Gasteiger partial charge >= 0.3 is 0 Å². The molecular formula is C49H79N2O6P. The Balaban J connectivity index is 4.43. The number of aliphatic hydroxyl groups excluding tert-OH is 1. The molecular weight excluding hydrogens is 744 g/mol. The van der Waals surface area contributed by atoms with E-state index in [1.165, 1.54) is 0 Å². The van der Waals surface area contributed by atoms with E-state index in [1.807, 2.05) is 40.2 Å². The van der Waals surface area contributed by atoms with E-state index in [4.69, 9.17) is 9.05 Å². The summed E-state index contributed by atoms with van der Waals surface area (Å²) in [7, 11) is 1.17. The van der Waals surface area contributed by atoms with Gasteiger partial charge in [-0.1, -0.05) is 141 Å². The molecule has 0 aliphatic rings. The van der Waals surface area contributed by atoms with Crippen molar-refractivity contribution >= 4 is 13.7 Å². The van der Waals surface area contributed by atoms with Crippen LogP contribution in [0.2, 0.25) is 0 Å². The van der Waals surface area contributed by atoms with Crippen LogP contribution < -0.4 is 10.2 Å². The topological polar surface area (TPSA) is 108 Å². The first-order valence-electron chi connectivity index (χ1n) is 21.5. The summed E-state index contributed by atoms with van der Waals surface area (Å²) in [5.41, 5.74) is 0. The maximum Gasteiger partial charge on any atom is 0.268 e. The number of likely N-dealkylation sites (N-methyl/N-ethyl adjacent to an activating group) is 1. The Bertz CT molecular complexity index is 1390. The van der Waals surface area contributed by atoms with Crippen molar-refractivity contribution in [3.63, 3.8) is 0 Å². The summed E-state index contributed by atoms with van der Waals surface area (Å²) in [4.78, 5) is 25.2. The highest BCUT2D eigenvalue weighted by molar-refractivity contribution is 7.45. The maximum absolute atomic E-state index is 12.8. The minimum absolute atomic E-state index is 0.0267. The number of hydrogen-bond acceptors (Lipinski definition) is 6. The zero-order chi connectivity index (χ0) is 42.8. The molecule has 0 aromatic rings. The molecule has 0 saturated carbocycles. The van der Waals surface area contributed by atoms with Gasteiger partial charge in [0.15, 0.2) is 0 Å². The first kappa shape index (κ1) is 54.6. The molecule has 9 heteroatoms. The number of phosphoric acid groups is 1. The highest BCUT2D eigenvalue weighted by Gasteiger charge is 2.23. The summed E-state index contributed by atoms with van der Waals surface area (Å²) in [6, 6.07) is -0.941. The molecule has 0 aromatic heterocycles. The first-order chi connectivity index (χ1) is 28.0. The van der Waals surface area contributed by atoms with E-state index >= 15 is 0 Å². The van der Waals surface area contributed by atoms with E-state index in [-0.39, 0.29) is 18.9 Å². The van der Waals surface area contributed by atoms with Crippen LogP contribution >= 0.6 is 7.82 Å². The third kappa shape index (κ3) is 40.8. The van der Waals surface area contributed by atoms with Crippen LogP contribution in [-0.2, 0) is 18.4 Å². The molecule has 3 atom stereocenters. The minimum Gasteiger partial charge on any atom is -0.756 e. The van der Waals surface area contributed by atoms with Gasteiger partial charge in [0.2, 0.25) is 5.91 Å². The van der Waals surface area contributed by atoms with Crippen LogP contribution in [-0.4, -0.2) is 68.5 Å². The lowest BCUT2D eigenvalue weighted by Crippen LogP contribution is -2.45. The number of nitrogens with zero attached hydrogens (tertiary/aromatic N) is 1. The van der Waals surface area contributed by atoms with Crippen molar-refractivity contribution in [1.82, 2.24) is 5.32 Å². The number of nitrogens with one attached hydrogen (secondary N) is 1. The predicted molar refractivity (Wildman–Crippen MR) is 246 cm³/mol. The molecule has 2 N–H and O–H groups in total. The molecule has 0 rings (SSSR count). The Kier molecular flexibility index (Phi) is 36.9. The van der Waals surface area contributed by atoms with Gasteiger partial charge in [-0.25, -0.2) is 0 Å². The number of hydrogen-bond donors (Lipinski definition) is 2. The molecule has 0 aliphatic heterocycles. The van der Waals surface area contributed by atoms with Gasteiger partial charge < -0.3 is 28.8 Å². The van der Waals surface area contributed by atoms with Gasteiger partial charge in [0.05, 0.1) is 39.9 Å². The lowest BCUT2D eigenvalue weighted by Gasteiger charge is -2.29. The van der Waals surface area contributed by atoms with Crippen molar-refractivity contribution in [3.8, 4) is 0 Å². The number of phosphoric ester groups is 1. The standard InChI is InChI=1S/C49H79N2O6P/c1-6-8-10-12-14-16-17-18-19-20-21-22-23-24-25-26-27-28-29-30-31-32-33-35-37-39-41-43-49(53)50-47(46-57-58(54,55)56-45-44-51(3,4)5)48(52)42-40-38-36-34-15-13-11-9-7-2/h7-10,14-16,18-19,21-22,24-25,27-28,30-31,33-35,40,42,47-48,52H,6,11-13,17,20,23,26,29,32,36-39,41,43-46H2,1-5H3,(H-,50,53,54,55)/b9-7+,10-8-,16-14-,19-18-,22-21-,25-24-,28-27-,31-30-,34-15+,35-33-,42-40+. The Labute approximate surface area is 354 Å². The SMILES string of the molecule is C/C=C/CC/C=C/CC/C=C/C(O)C(COP(=O)([O-])OCC[N+](C)(C)C)NC(=O)CCCC/C=C\C/C=C\C/C=C\C/C=C\C/C=C\C/C=C\C/C=C\C/C=C\CC. The smallest absolute Gasteiger partial charge is 0.268 e. The third-order valence-corrected chi connectivity index (χ3v) is 9.38. The summed E-state index contributed by atoms with van der Waals surface area (Å²) in [5, 5.41) is 13.6. The highest BCUT2D eigenvalue weighted by atomic mass is 31.2. The summed E-state index contributed by atoms with van der Waals surface area (Å²) in [6.45, 7) is 4.18. The molecule has 8 nitrogen and oxygen atoms in total. The van der Waals surface area contributed by atoms with Crippen LogP contribution in [0.5, 0.6) is 0 Å². The van der Waals surface area contributed by atoms with E-state index in [1.54, 1.807) is 6.08 Å². The largest absolute Gasteiger partial charge is 0.756 e. The van der Waals surface area contributed by atoms with Crippen LogP contribution in [0.1, 0.15) is 117 Å². The number of rotatable bonds is 36. The third-order valence-electron chi connectivity index (χ3n) is 8.42. The van der Waals surface area contributed by atoms with Crippen molar-refractivity contribution in [3.05, 3.63) is 134 Å². The number of carbonyl (C=O) groups excluding carboxylic acids is 1. The normalized spacial score (nSPS) is 15.6. The molecule has 0 radical (unpaired) electrons. The Hall–Kier alpha value is -3.36. The molecule has 3 unspecified atom stereocenters. The second kappa shape index (κ2) is 39.1. The van der Waals surface area contributed by atoms with Crippen molar-refractivity contribution in [1.29, 1.82) is 0 Å². The molecule has 0 bridgehead atoms. The average molecular weight is 823 g/mol. The number of amides is 1.